The van der Waals surface area contributed by atoms with Crippen LogP contribution in [-0.4, -0.2) is 35.6 Å². The summed E-state index contributed by atoms with van der Waals surface area (Å²) in [5.74, 6) is 1.79. The Balaban J connectivity index is 2.07. The maximum Gasteiger partial charge on any atom is 0.132 e. The van der Waals surface area contributed by atoms with Crippen molar-refractivity contribution in [3.05, 3.63) is 18.1 Å². The fraction of sp³-hybridized carbons (Fsp3) is 0.714. The van der Waals surface area contributed by atoms with Gasteiger partial charge in [0.05, 0.1) is 0 Å². The Bertz CT molecular complexity index is 372. The fourth-order valence-corrected chi connectivity index (χ4v) is 2.52. The Morgan fingerprint density at radius 3 is 2.89 bits per heavy atom. The molecule has 1 aliphatic heterocycles. The van der Waals surface area contributed by atoms with Crippen LogP contribution >= 0.6 is 0 Å². The molecule has 0 spiro atoms. The Morgan fingerprint density at radius 2 is 2.28 bits per heavy atom. The summed E-state index contributed by atoms with van der Waals surface area (Å²) in [5, 5.41) is 3.48. The van der Waals surface area contributed by atoms with E-state index < -0.39 is 0 Å². The smallest absolute Gasteiger partial charge is 0.132 e. The van der Waals surface area contributed by atoms with Crippen molar-refractivity contribution < 1.29 is 0 Å². The van der Waals surface area contributed by atoms with E-state index in [1.807, 2.05) is 6.92 Å². The predicted octanol–water partition coefficient (Wildman–Crippen LogP) is 2.00. The minimum Gasteiger partial charge on any atom is -0.354 e. The zero-order valence-corrected chi connectivity index (χ0v) is 11.7. The number of nitrogens with zero attached hydrogens (tertiary/aromatic N) is 3. The van der Waals surface area contributed by atoms with E-state index in [1.165, 1.54) is 19.4 Å². The summed E-state index contributed by atoms with van der Waals surface area (Å²) in [5.41, 5.74) is 1.03. The first-order valence-corrected chi connectivity index (χ1v) is 6.93. The van der Waals surface area contributed by atoms with Gasteiger partial charge in [-0.2, -0.15) is 0 Å². The molecule has 1 aliphatic rings. The molecule has 0 bridgehead atoms. The van der Waals surface area contributed by atoms with Gasteiger partial charge in [-0.3, -0.25) is 0 Å². The maximum atomic E-state index is 4.42. The van der Waals surface area contributed by atoms with Gasteiger partial charge in [-0.25, -0.2) is 9.97 Å². The molecule has 1 saturated heterocycles. The van der Waals surface area contributed by atoms with E-state index in [0.29, 0.717) is 6.04 Å². The first-order chi connectivity index (χ1) is 8.66. The zero-order chi connectivity index (χ0) is 13.0. The topological polar surface area (TPSA) is 41.0 Å². The van der Waals surface area contributed by atoms with E-state index in [-0.39, 0.29) is 0 Å². The molecule has 4 heteroatoms. The van der Waals surface area contributed by atoms with Crippen molar-refractivity contribution >= 4 is 5.82 Å². The Hall–Kier alpha value is -1.16. The number of hydrogen-bond acceptors (Lipinski definition) is 4. The van der Waals surface area contributed by atoms with Crippen molar-refractivity contribution in [2.45, 2.75) is 39.7 Å². The van der Waals surface area contributed by atoms with E-state index in [1.54, 1.807) is 6.33 Å². The maximum absolute atomic E-state index is 4.42. The van der Waals surface area contributed by atoms with Crippen molar-refractivity contribution in [3.63, 3.8) is 0 Å². The number of rotatable bonds is 4. The van der Waals surface area contributed by atoms with Crippen LogP contribution in [0.2, 0.25) is 0 Å². The molecule has 2 rings (SSSR count). The third-order valence-electron chi connectivity index (χ3n) is 3.56. The summed E-state index contributed by atoms with van der Waals surface area (Å²) in [6, 6.07) is 2.55. The third-order valence-corrected chi connectivity index (χ3v) is 3.56. The third kappa shape index (κ3) is 3.42. The first-order valence-electron chi connectivity index (χ1n) is 6.93. The molecule has 4 nitrogen and oxygen atoms in total. The standard InChI is InChI=1S/C14H24N4/c1-11(2)18(9-13-5-4-6-15-8-13)14-7-12(3)16-10-17-14/h7,10-11,13,15H,4-6,8-9H2,1-3H3. The normalized spacial score (nSPS) is 20.1. The van der Waals surface area contributed by atoms with Crippen LogP contribution in [0.1, 0.15) is 32.4 Å². The SMILES string of the molecule is Cc1cc(N(CC2CCCNC2)C(C)C)ncn1. The van der Waals surface area contributed by atoms with Gasteiger partial charge in [-0.1, -0.05) is 0 Å². The highest BCUT2D eigenvalue weighted by atomic mass is 15.2. The summed E-state index contributed by atoms with van der Waals surface area (Å²) in [6.45, 7) is 9.87. The molecule has 1 aromatic heterocycles. The predicted molar refractivity (Wildman–Crippen MR) is 74.8 cm³/mol. The molecule has 0 aliphatic carbocycles. The first kappa shape index (κ1) is 13.3. The molecule has 1 fully saturated rings. The van der Waals surface area contributed by atoms with Crippen LogP contribution in [0.25, 0.3) is 0 Å². The van der Waals surface area contributed by atoms with Crippen molar-refractivity contribution in [2.75, 3.05) is 24.5 Å². The summed E-state index contributed by atoms with van der Waals surface area (Å²) < 4.78 is 0. The Labute approximate surface area is 110 Å². The Kier molecular flexibility index (Phi) is 4.53. The minimum atomic E-state index is 0.473. The van der Waals surface area contributed by atoms with Crippen molar-refractivity contribution in [2.24, 2.45) is 5.92 Å². The Morgan fingerprint density at radius 1 is 1.44 bits per heavy atom. The number of anilines is 1. The van der Waals surface area contributed by atoms with E-state index in [0.717, 1.165) is 30.5 Å². The van der Waals surface area contributed by atoms with Crippen LogP contribution < -0.4 is 10.2 Å². The summed E-state index contributed by atoms with van der Waals surface area (Å²) >= 11 is 0. The highest BCUT2D eigenvalue weighted by Crippen LogP contribution is 2.19. The number of nitrogens with one attached hydrogen (secondary N) is 1. The van der Waals surface area contributed by atoms with E-state index in [2.05, 4.69) is 40.1 Å². The lowest BCUT2D eigenvalue weighted by Gasteiger charge is -2.33. The quantitative estimate of drug-likeness (QED) is 0.885. The summed E-state index contributed by atoms with van der Waals surface area (Å²) in [4.78, 5) is 11.0. The molecular weight excluding hydrogens is 224 g/mol. The van der Waals surface area contributed by atoms with Gasteiger partial charge in [0.25, 0.3) is 0 Å². The van der Waals surface area contributed by atoms with E-state index in [4.69, 9.17) is 0 Å². The zero-order valence-electron chi connectivity index (χ0n) is 11.7. The van der Waals surface area contributed by atoms with Gasteiger partial charge >= 0.3 is 0 Å². The second-order valence-corrected chi connectivity index (χ2v) is 5.48. The monoisotopic (exact) mass is 248 g/mol. The molecule has 0 radical (unpaired) electrons. The number of aromatic nitrogens is 2. The molecule has 0 amide bonds. The lowest BCUT2D eigenvalue weighted by molar-refractivity contribution is 0.370. The van der Waals surface area contributed by atoms with Gasteiger partial charge in [0, 0.05) is 24.3 Å². The molecule has 1 unspecified atom stereocenters. The average Bonchev–Trinajstić information content (AvgIpc) is 2.37. The van der Waals surface area contributed by atoms with Crippen molar-refractivity contribution in [3.8, 4) is 0 Å². The molecule has 0 aromatic carbocycles. The second kappa shape index (κ2) is 6.14. The van der Waals surface area contributed by atoms with Crippen LogP contribution in [0.15, 0.2) is 12.4 Å². The largest absolute Gasteiger partial charge is 0.354 e. The van der Waals surface area contributed by atoms with Crippen LogP contribution in [0.5, 0.6) is 0 Å². The molecule has 1 N–H and O–H groups in total. The minimum absolute atomic E-state index is 0.473. The van der Waals surface area contributed by atoms with Gasteiger partial charge in [-0.05, 0) is 52.6 Å². The van der Waals surface area contributed by atoms with E-state index in [9.17, 15) is 0 Å². The molecule has 1 atom stereocenters. The number of aryl methyl sites for hydroxylation is 1. The van der Waals surface area contributed by atoms with Gasteiger partial charge < -0.3 is 10.2 Å². The molecular formula is C14H24N4. The molecule has 100 valence electrons. The molecule has 0 saturated carbocycles. The lowest BCUT2D eigenvalue weighted by atomic mass is 9.98. The van der Waals surface area contributed by atoms with Gasteiger partial charge in [0.2, 0.25) is 0 Å². The van der Waals surface area contributed by atoms with Crippen molar-refractivity contribution in [1.29, 1.82) is 0 Å². The van der Waals surface area contributed by atoms with Crippen molar-refractivity contribution in [1.82, 2.24) is 15.3 Å². The fourth-order valence-electron chi connectivity index (χ4n) is 2.52. The van der Waals surface area contributed by atoms with Crippen LogP contribution in [0.4, 0.5) is 5.82 Å². The highest BCUT2D eigenvalue weighted by molar-refractivity contribution is 5.39. The average molecular weight is 248 g/mol. The van der Waals surface area contributed by atoms with Gasteiger partial charge in [-0.15, -0.1) is 0 Å². The highest BCUT2D eigenvalue weighted by Gasteiger charge is 2.20. The van der Waals surface area contributed by atoms with E-state index >= 15 is 0 Å². The summed E-state index contributed by atoms with van der Waals surface area (Å²) in [6.07, 6.45) is 4.28. The lowest BCUT2D eigenvalue weighted by Crippen LogP contribution is -2.41. The van der Waals surface area contributed by atoms with Crippen LogP contribution in [-0.2, 0) is 0 Å². The second-order valence-electron chi connectivity index (χ2n) is 5.48. The van der Waals surface area contributed by atoms with Crippen LogP contribution in [0, 0.1) is 12.8 Å². The molecule has 18 heavy (non-hydrogen) atoms. The molecule has 2 heterocycles. The van der Waals surface area contributed by atoms with Gasteiger partial charge in [0.1, 0.15) is 12.1 Å². The van der Waals surface area contributed by atoms with Crippen LogP contribution in [0.3, 0.4) is 0 Å². The van der Waals surface area contributed by atoms with Gasteiger partial charge in [0.15, 0.2) is 0 Å². The molecule has 1 aromatic rings. The number of hydrogen-bond donors (Lipinski definition) is 1. The summed E-state index contributed by atoms with van der Waals surface area (Å²) in [7, 11) is 0. The number of piperidine rings is 1.